The molecule has 5 rings (SSSR count). The van der Waals surface area contributed by atoms with Gasteiger partial charge in [-0.05, 0) is 29.8 Å². The van der Waals surface area contributed by atoms with Crippen molar-refractivity contribution in [2.75, 3.05) is 9.96 Å². The Kier molecular flexibility index (Phi) is 4.48. The highest BCUT2D eigenvalue weighted by Gasteiger charge is 2.60. The fourth-order valence-corrected chi connectivity index (χ4v) is 4.21. The van der Waals surface area contributed by atoms with Crippen LogP contribution < -0.4 is 9.96 Å². The molecule has 0 bridgehead atoms. The molecule has 31 heavy (non-hydrogen) atoms. The molecule has 8 nitrogen and oxygen atoms in total. The standard InChI is InChI=1S/C23H17N3O5/c27-22-19-20(15-8-7-13-18(14-15)26(29)30)25(17-11-5-2-6-12-17)31-21(19)23(28)24(22)16-9-3-1-4-10-16/h1-14,19-21H/t19-,20-,21+/m1/s1. The average molecular weight is 415 g/mol. The van der Waals surface area contributed by atoms with Crippen LogP contribution in [0.4, 0.5) is 17.1 Å². The van der Waals surface area contributed by atoms with Crippen molar-refractivity contribution in [1.29, 1.82) is 0 Å². The SMILES string of the molecule is O=C1[C@H]2[C@H](ON(c3ccccc3)[C@@H]2c2cccc([N+](=O)[O-])c2)C(=O)N1c1ccccc1. The summed E-state index contributed by atoms with van der Waals surface area (Å²) in [6.45, 7) is 0. The second-order valence-corrected chi connectivity index (χ2v) is 7.36. The zero-order valence-electron chi connectivity index (χ0n) is 16.2. The van der Waals surface area contributed by atoms with Gasteiger partial charge in [0.1, 0.15) is 5.92 Å². The number of imide groups is 1. The van der Waals surface area contributed by atoms with Crippen LogP contribution in [0.25, 0.3) is 0 Å². The van der Waals surface area contributed by atoms with Crippen molar-refractivity contribution < 1.29 is 19.3 Å². The molecule has 8 heteroatoms. The Hall–Kier alpha value is -4.04. The van der Waals surface area contributed by atoms with E-state index < -0.39 is 34.8 Å². The van der Waals surface area contributed by atoms with E-state index in [1.54, 1.807) is 54.6 Å². The minimum Gasteiger partial charge on any atom is -0.273 e. The Labute approximate surface area is 177 Å². The zero-order chi connectivity index (χ0) is 21.5. The maximum atomic E-state index is 13.4. The number of nitro benzene ring substituents is 1. The normalized spacial score (nSPS) is 22.6. The summed E-state index contributed by atoms with van der Waals surface area (Å²) >= 11 is 0. The van der Waals surface area contributed by atoms with Crippen LogP contribution in [0.5, 0.6) is 0 Å². The van der Waals surface area contributed by atoms with Crippen LogP contribution in [0.2, 0.25) is 0 Å². The van der Waals surface area contributed by atoms with Crippen molar-refractivity contribution in [3.63, 3.8) is 0 Å². The predicted molar refractivity (Wildman–Crippen MR) is 112 cm³/mol. The van der Waals surface area contributed by atoms with Crippen molar-refractivity contribution in [3.05, 3.63) is 101 Å². The third-order valence-corrected chi connectivity index (χ3v) is 5.56. The number of carbonyl (C=O) groups excluding carboxylic acids is 2. The summed E-state index contributed by atoms with van der Waals surface area (Å²) in [5.41, 5.74) is 1.56. The molecule has 2 fully saturated rings. The highest BCUT2D eigenvalue weighted by atomic mass is 16.7. The fourth-order valence-electron chi connectivity index (χ4n) is 4.21. The molecule has 0 saturated carbocycles. The number of hydrogen-bond donors (Lipinski definition) is 0. The Balaban J connectivity index is 1.61. The monoisotopic (exact) mass is 415 g/mol. The van der Waals surface area contributed by atoms with E-state index in [2.05, 4.69) is 0 Å². The van der Waals surface area contributed by atoms with E-state index >= 15 is 0 Å². The van der Waals surface area contributed by atoms with Crippen molar-refractivity contribution in [2.45, 2.75) is 12.1 Å². The van der Waals surface area contributed by atoms with Gasteiger partial charge in [0, 0.05) is 12.1 Å². The topological polar surface area (TPSA) is 93.0 Å². The van der Waals surface area contributed by atoms with Gasteiger partial charge in [-0.2, -0.15) is 0 Å². The molecule has 0 aromatic heterocycles. The van der Waals surface area contributed by atoms with Gasteiger partial charge < -0.3 is 0 Å². The molecular weight excluding hydrogens is 398 g/mol. The van der Waals surface area contributed by atoms with E-state index in [0.717, 1.165) is 4.90 Å². The average Bonchev–Trinajstić information content (AvgIpc) is 3.31. The lowest BCUT2D eigenvalue weighted by atomic mass is 9.90. The Morgan fingerprint density at radius 1 is 0.806 bits per heavy atom. The number of anilines is 2. The van der Waals surface area contributed by atoms with E-state index in [1.807, 2.05) is 18.2 Å². The van der Waals surface area contributed by atoms with Crippen LogP contribution in [-0.4, -0.2) is 22.8 Å². The van der Waals surface area contributed by atoms with Gasteiger partial charge in [0.2, 0.25) is 5.91 Å². The van der Waals surface area contributed by atoms with Gasteiger partial charge in [-0.3, -0.25) is 24.5 Å². The summed E-state index contributed by atoms with van der Waals surface area (Å²) < 4.78 is 0. The zero-order valence-corrected chi connectivity index (χ0v) is 16.2. The molecule has 0 N–H and O–H groups in total. The van der Waals surface area contributed by atoms with E-state index in [9.17, 15) is 19.7 Å². The van der Waals surface area contributed by atoms with Gasteiger partial charge in [-0.15, -0.1) is 0 Å². The summed E-state index contributed by atoms with van der Waals surface area (Å²) in [5.74, 6) is -1.68. The van der Waals surface area contributed by atoms with Gasteiger partial charge in [-0.25, -0.2) is 9.96 Å². The summed E-state index contributed by atoms with van der Waals surface area (Å²) in [4.78, 5) is 44.6. The molecule has 2 aliphatic heterocycles. The lowest BCUT2D eigenvalue weighted by Gasteiger charge is -2.28. The molecule has 0 spiro atoms. The Morgan fingerprint density at radius 3 is 2.10 bits per heavy atom. The number of carbonyl (C=O) groups is 2. The molecule has 2 aliphatic rings. The Bertz CT molecular complexity index is 1170. The summed E-state index contributed by atoms with van der Waals surface area (Å²) in [7, 11) is 0. The molecule has 3 aromatic rings. The van der Waals surface area contributed by atoms with Crippen LogP contribution in [0.15, 0.2) is 84.9 Å². The van der Waals surface area contributed by atoms with E-state index in [0.29, 0.717) is 16.9 Å². The maximum Gasteiger partial charge on any atom is 0.269 e. The van der Waals surface area contributed by atoms with E-state index in [4.69, 9.17) is 4.84 Å². The number of non-ortho nitro benzene ring substituents is 1. The number of benzene rings is 3. The minimum absolute atomic E-state index is 0.0920. The molecule has 154 valence electrons. The van der Waals surface area contributed by atoms with Gasteiger partial charge in [0.05, 0.1) is 22.3 Å². The molecule has 2 heterocycles. The molecule has 0 unspecified atom stereocenters. The number of para-hydroxylation sites is 2. The van der Waals surface area contributed by atoms with Gasteiger partial charge in [-0.1, -0.05) is 48.5 Å². The largest absolute Gasteiger partial charge is 0.273 e. The summed E-state index contributed by atoms with van der Waals surface area (Å²) in [6, 6.07) is 23.2. The molecule has 0 aliphatic carbocycles. The highest BCUT2D eigenvalue weighted by molar-refractivity contribution is 6.23. The molecule has 3 atom stereocenters. The van der Waals surface area contributed by atoms with Crippen LogP contribution >= 0.6 is 0 Å². The third-order valence-electron chi connectivity index (χ3n) is 5.56. The van der Waals surface area contributed by atoms with Crippen LogP contribution in [0.3, 0.4) is 0 Å². The second-order valence-electron chi connectivity index (χ2n) is 7.36. The predicted octanol–water partition coefficient (Wildman–Crippen LogP) is 3.65. The molecule has 2 amide bonds. The van der Waals surface area contributed by atoms with Crippen LogP contribution in [0, 0.1) is 16.0 Å². The minimum atomic E-state index is -1.02. The molecule has 0 radical (unpaired) electrons. The summed E-state index contributed by atoms with van der Waals surface area (Å²) in [5, 5.41) is 12.9. The second kappa shape index (κ2) is 7.33. The molecular formula is C23H17N3O5. The first-order valence-corrected chi connectivity index (χ1v) is 9.74. The van der Waals surface area contributed by atoms with Crippen molar-refractivity contribution in [3.8, 4) is 0 Å². The Morgan fingerprint density at radius 2 is 1.45 bits per heavy atom. The quantitative estimate of drug-likeness (QED) is 0.367. The molecule has 3 aromatic carbocycles. The first kappa shape index (κ1) is 19.0. The van der Waals surface area contributed by atoms with E-state index in [-0.39, 0.29) is 5.69 Å². The smallest absolute Gasteiger partial charge is 0.269 e. The fraction of sp³-hybridized carbons (Fsp3) is 0.130. The number of amides is 2. The van der Waals surface area contributed by atoms with Gasteiger partial charge >= 0.3 is 0 Å². The van der Waals surface area contributed by atoms with Crippen LogP contribution in [0.1, 0.15) is 11.6 Å². The van der Waals surface area contributed by atoms with Gasteiger partial charge in [0.15, 0.2) is 6.10 Å². The number of hydrogen-bond acceptors (Lipinski definition) is 6. The maximum absolute atomic E-state index is 13.4. The number of nitro groups is 1. The lowest BCUT2D eigenvalue weighted by Crippen LogP contribution is -2.37. The molecule has 2 saturated heterocycles. The third kappa shape index (κ3) is 3.04. The van der Waals surface area contributed by atoms with Crippen LogP contribution in [-0.2, 0) is 14.4 Å². The van der Waals surface area contributed by atoms with Crippen molar-refractivity contribution >= 4 is 28.9 Å². The first-order chi connectivity index (χ1) is 15.1. The van der Waals surface area contributed by atoms with Crippen molar-refractivity contribution in [2.24, 2.45) is 5.92 Å². The number of hydroxylamine groups is 1. The first-order valence-electron chi connectivity index (χ1n) is 9.74. The van der Waals surface area contributed by atoms with Gasteiger partial charge in [0.25, 0.3) is 11.6 Å². The number of rotatable bonds is 4. The number of fused-ring (bicyclic) bond motifs is 1. The lowest BCUT2D eigenvalue weighted by molar-refractivity contribution is -0.384. The summed E-state index contributed by atoms with van der Waals surface area (Å²) in [6.07, 6.45) is -1.02. The van der Waals surface area contributed by atoms with Crippen molar-refractivity contribution in [1.82, 2.24) is 0 Å². The number of nitrogens with zero attached hydrogens (tertiary/aromatic N) is 3. The highest BCUT2D eigenvalue weighted by Crippen LogP contribution is 2.47. The van der Waals surface area contributed by atoms with E-state index in [1.165, 1.54) is 17.2 Å².